The predicted octanol–water partition coefficient (Wildman–Crippen LogP) is 1.43. The van der Waals surface area contributed by atoms with Crippen LogP contribution in [0.1, 0.15) is 13.8 Å². The highest BCUT2D eigenvalue weighted by atomic mass is 19.3. The lowest BCUT2D eigenvalue weighted by molar-refractivity contribution is -0.286. The minimum Gasteiger partial charge on any atom is -0.479 e. The molecular formula is C6H9F3O3. The van der Waals surface area contributed by atoms with Gasteiger partial charge in [-0.1, -0.05) is 0 Å². The Bertz CT molecular complexity index is 169. The molecule has 0 aromatic carbocycles. The van der Waals surface area contributed by atoms with Gasteiger partial charge in [0, 0.05) is 0 Å². The molecule has 0 radical (unpaired) electrons. The molecule has 0 amide bonds. The number of carboxylic acid groups (broad SMARTS) is 1. The zero-order chi connectivity index (χ0) is 9.94. The number of halogens is 3. The number of hydrogen-bond acceptors (Lipinski definition) is 2. The fourth-order valence-corrected chi connectivity index (χ4v) is 0.380. The van der Waals surface area contributed by atoms with Crippen LogP contribution >= 0.6 is 0 Å². The Hall–Kier alpha value is -0.780. The number of aliphatic carboxylic acids is 1. The summed E-state index contributed by atoms with van der Waals surface area (Å²) in [6, 6.07) is 0. The Morgan fingerprint density at radius 3 is 2.17 bits per heavy atom. The lowest BCUT2D eigenvalue weighted by Crippen LogP contribution is -2.37. The highest BCUT2D eigenvalue weighted by Crippen LogP contribution is 2.24. The van der Waals surface area contributed by atoms with Crippen molar-refractivity contribution < 1.29 is 27.8 Å². The van der Waals surface area contributed by atoms with Crippen LogP contribution in [0.5, 0.6) is 0 Å². The monoisotopic (exact) mass is 186 g/mol. The van der Waals surface area contributed by atoms with Crippen LogP contribution in [0.3, 0.4) is 0 Å². The highest BCUT2D eigenvalue weighted by molar-refractivity contribution is 5.71. The van der Waals surface area contributed by atoms with Crippen molar-refractivity contribution in [3.05, 3.63) is 0 Å². The summed E-state index contributed by atoms with van der Waals surface area (Å²) in [4.78, 5) is 10.0. The summed E-state index contributed by atoms with van der Waals surface area (Å²) in [5, 5.41) is 8.15. The van der Waals surface area contributed by atoms with Gasteiger partial charge in [0.25, 0.3) is 0 Å². The molecule has 0 saturated heterocycles. The Kier molecular flexibility index (Phi) is 3.51. The van der Waals surface area contributed by atoms with Crippen LogP contribution in [0.25, 0.3) is 0 Å². The third-order valence-electron chi connectivity index (χ3n) is 1.14. The topological polar surface area (TPSA) is 46.5 Å². The van der Waals surface area contributed by atoms with Gasteiger partial charge < -0.3 is 9.84 Å². The molecule has 0 fully saturated rings. The van der Waals surface area contributed by atoms with Crippen molar-refractivity contribution in [1.29, 1.82) is 0 Å². The van der Waals surface area contributed by atoms with Crippen molar-refractivity contribution in [1.82, 2.24) is 0 Å². The minimum atomic E-state index is -4.04. The second-order valence-electron chi connectivity index (χ2n) is 2.28. The van der Waals surface area contributed by atoms with Crippen LogP contribution in [0.15, 0.2) is 0 Å². The summed E-state index contributed by atoms with van der Waals surface area (Å²) in [5.74, 6) is -1.56. The van der Waals surface area contributed by atoms with E-state index in [4.69, 9.17) is 5.11 Å². The zero-order valence-corrected chi connectivity index (χ0v) is 6.55. The SMILES string of the molecule is CC(OC(F)(F)C(C)F)C(=O)O. The molecule has 72 valence electrons. The smallest absolute Gasteiger partial charge is 0.387 e. The first kappa shape index (κ1) is 11.2. The largest absolute Gasteiger partial charge is 0.479 e. The molecule has 3 nitrogen and oxygen atoms in total. The molecule has 0 spiro atoms. The highest BCUT2D eigenvalue weighted by Gasteiger charge is 2.41. The summed E-state index contributed by atoms with van der Waals surface area (Å²) in [6.07, 6.45) is -8.30. The van der Waals surface area contributed by atoms with Crippen LogP contribution in [-0.2, 0) is 9.53 Å². The van der Waals surface area contributed by atoms with Gasteiger partial charge in [0.1, 0.15) is 0 Å². The van der Waals surface area contributed by atoms with E-state index in [0.717, 1.165) is 6.92 Å². The third kappa shape index (κ3) is 3.08. The first-order chi connectivity index (χ1) is 5.27. The molecular weight excluding hydrogens is 177 g/mol. The molecule has 0 aliphatic heterocycles. The summed E-state index contributed by atoms with van der Waals surface area (Å²) < 4.78 is 40.3. The summed E-state index contributed by atoms with van der Waals surface area (Å²) in [7, 11) is 0. The van der Waals surface area contributed by atoms with Gasteiger partial charge in [0.2, 0.25) is 0 Å². The predicted molar refractivity (Wildman–Crippen MR) is 33.7 cm³/mol. The van der Waals surface area contributed by atoms with Crippen LogP contribution < -0.4 is 0 Å². The molecule has 0 saturated carbocycles. The van der Waals surface area contributed by atoms with Gasteiger partial charge in [0.15, 0.2) is 12.3 Å². The van der Waals surface area contributed by atoms with E-state index in [9.17, 15) is 18.0 Å². The van der Waals surface area contributed by atoms with Crippen molar-refractivity contribution in [2.75, 3.05) is 0 Å². The Labute approximate surface area is 67.1 Å². The van der Waals surface area contributed by atoms with Gasteiger partial charge in [-0.25, -0.2) is 9.18 Å². The molecule has 0 heterocycles. The standard InChI is InChI=1S/C6H9F3O3/c1-3(5(10)11)12-6(8,9)4(2)7/h3-4H,1-2H3,(H,10,11). The number of ether oxygens (including phenoxy) is 1. The van der Waals surface area contributed by atoms with E-state index in [1.54, 1.807) is 0 Å². The zero-order valence-electron chi connectivity index (χ0n) is 6.55. The minimum absolute atomic E-state index is 0.592. The summed E-state index contributed by atoms with van der Waals surface area (Å²) >= 11 is 0. The average Bonchev–Trinajstić information content (AvgIpc) is 1.85. The van der Waals surface area contributed by atoms with Crippen molar-refractivity contribution in [3.63, 3.8) is 0 Å². The van der Waals surface area contributed by atoms with E-state index in [1.807, 2.05) is 0 Å². The van der Waals surface area contributed by atoms with E-state index >= 15 is 0 Å². The van der Waals surface area contributed by atoms with Crippen molar-refractivity contribution in [2.45, 2.75) is 32.2 Å². The van der Waals surface area contributed by atoms with Crippen LogP contribution in [0, 0.1) is 0 Å². The van der Waals surface area contributed by atoms with Gasteiger partial charge in [-0.05, 0) is 13.8 Å². The number of carbonyl (C=O) groups is 1. The van der Waals surface area contributed by atoms with Gasteiger partial charge in [-0.3, -0.25) is 0 Å². The van der Waals surface area contributed by atoms with Gasteiger partial charge >= 0.3 is 12.1 Å². The first-order valence-corrected chi connectivity index (χ1v) is 3.20. The summed E-state index contributed by atoms with van der Waals surface area (Å²) in [6.45, 7) is 1.49. The van der Waals surface area contributed by atoms with Crippen LogP contribution in [0.2, 0.25) is 0 Å². The van der Waals surface area contributed by atoms with Gasteiger partial charge in [-0.2, -0.15) is 8.78 Å². The van der Waals surface area contributed by atoms with Crippen molar-refractivity contribution in [3.8, 4) is 0 Å². The quantitative estimate of drug-likeness (QED) is 0.722. The number of hydrogen-bond donors (Lipinski definition) is 1. The van der Waals surface area contributed by atoms with Crippen molar-refractivity contribution >= 4 is 5.97 Å². The Morgan fingerprint density at radius 1 is 1.50 bits per heavy atom. The van der Waals surface area contributed by atoms with Crippen molar-refractivity contribution in [2.24, 2.45) is 0 Å². The number of rotatable bonds is 4. The van der Waals surface area contributed by atoms with E-state index in [1.165, 1.54) is 0 Å². The van der Waals surface area contributed by atoms with E-state index in [0.29, 0.717) is 6.92 Å². The fraction of sp³-hybridized carbons (Fsp3) is 0.833. The molecule has 12 heavy (non-hydrogen) atoms. The molecule has 6 heteroatoms. The van der Waals surface area contributed by atoms with E-state index in [-0.39, 0.29) is 0 Å². The molecule has 1 N–H and O–H groups in total. The maximum Gasteiger partial charge on any atom is 0.387 e. The molecule has 0 rings (SSSR count). The maximum atomic E-state index is 12.3. The number of alkyl halides is 3. The maximum absolute atomic E-state index is 12.3. The summed E-state index contributed by atoms with van der Waals surface area (Å²) in [5.41, 5.74) is 0. The molecule has 0 aromatic rings. The average molecular weight is 186 g/mol. The number of carboxylic acids is 1. The molecule has 2 unspecified atom stereocenters. The van der Waals surface area contributed by atoms with E-state index in [2.05, 4.69) is 4.74 Å². The Balaban J connectivity index is 4.15. The lowest BCUT2D eigenvalue weighted by Gasteiger charge is -2.20. The second-order valence-corrected chi connectivity index (χ2v) is 2.28. The lowest BCUT2D eigenvalue weighted by atomic mass is 10.4. The van der Waals surface area contributed by atoms with Crippen LogP contribution in [-0.4, -0.2) is 29.5 Å². The Morgan fingerprint density at radius 2 is 1.92 bits per heavy atom. The molecule has 0 aliphatic carbocycles. The fourth-order valence-electron chi connectivity index (χ4n) is 0.380. The molecule has 2 atom stereocenters. The second kappa shape index (κ2) is 3.75. The van der Waals surface area contributed by atoms with Crippen LogP contribution in [0.4, 0.5) is 13.2 Å². The first-order valence-electron chi connectivity index (χ1n) is 3.20. The normalized spacial score (nSPS) is 17.1. The molecule has 0 bridgehead atoms. The molecule has 0 aromatic heterocycles. The molecule has 0 aliphatic rings. The third-order valence-corrected chi connectivity index (χ3v) is 1.14. The van der Waals surface area contributed by atoms with Gasteiger partial charge in [-0.15, -0.1) is 0 Å². The van der Waals surface area contributed by atoms with Gasteiger partial charge in [0.05, 0.1) is 0 Å². The van der Waals surface area contributed by atoms with E-state index < -0.39 is 24.4 Å².